The minimum Gasteiger partial charge on any atom is -0.484 e. The third-order valence-electron chi connectivity index (χ3n) is 3.13. The normalized spacial score (nSPS) is 11.8. The van der Waals surface area contributed by atoms with Crippen molar-refractivity contribution < 1.29 is 19.0 Å². The zero-order valence-electron chi connectivity index (χ0n) is 12.3. The fraction of sp³-hybridized carbons (Fsp3) is 0.235. The van der Waals surface area contributed by atoms with E-state index in [-0.39, 0.29) is 12.5 Å². The molecule has 0 fully saturated rings. The van der Waals surface area contributed by atoms with E-state index in [0.29, 0.717) is 17.9 Å². The lowest BCUT2D eigenvalue weighted by Crippen LogP contribution is -2.20. The van der Waals surface area contributed by atoms with Crippen molar-refractivity contribution in [3.63, 3.8) is 0 Å². The number of ether oxygens (including phenoxy) is 1. The summed E-state index contributed by atoms with van der Waals surface area (Å²) in [5.41, 5.74) is 1.19. The maximum Gasteiger partial charge on any atom is 0.262 e. The molecule has 0 bridgehead atoms. The molecule has 0 heterocycles. The number of anilines is 1. The third-order valence-corrected chi connectivity index (χ3v) is 3.13. The highest BCUT2D eigenvalue weighted by molar-refractivity contribution is 5.91. The first-order valence-electron chi connectivity index (χ1n) is 7.04. The SMILES string of the molecule is CCC(O)c1ccc(OCC(=O)Nc2cccc(F)c2)cc1. The first kappa shape index (κ1) is 16.0. The van der Waals surface area contributed by atoms with Crippen molar-refractivity contribution in [2.24, 2.45) is 0 Å². The molecule has 116 valence electrons. The van der Waals surface area contributed by atoms with Gasteiger partial charge in [-0.05, 0) is 42.3 Å². The minimum atomic E-state index is -0.495. The number of benzene rings is 2. The maximum absolute atomic E-state index is 13.0. The topological polar surface area (TPSA) is 58.6 Å². The lowest BCUT2D eigenvalue weighted by molar-refractivity contribution is -0.118. The van der Waals surface area contributed by atoms with Crippen molar-refractivity contribution >= 4 is 11.6 Å². The molecule has 1 atom stereocenters. The maximum atomic E-state index is 13.0. The number of amides is 1. The average molecular weight is 303 g/mol. The Kier molecular flexibility index (Phi) is 5.49. The zero-order valence-corrected chi connectivity index (χ0v) is 12.3. The van der Waals surface area contributed by atoms with Crippen LogP contribution in [0.4, 0.5) is 10.1 Å². The third kappa shape index (κ3) is 4.56. The Balaban J connectivity index is 1.86. The lowest BCUT2D eigenvalue weighted by atomic mass is 10.1. The number of halogens is 1. The van der Waals surface area contributed by atoms with Gasteiger partial charge in [0, 0.05) is 5.69 Å². The zero-order chi connectivity index (χ0) is 15.9. The Bertz CT molecular complexity index is 628. The molecule has 4 nitrogen and oxygen atoms in total. The summed E-state index contributed by atoms with van der Waals surface area (Å²) in [4.78, 5) is 11.7. The van der Waals surface area contributed by atoms with E-state index in [0.717, 1.165) is 5.56 Å². The summed E-state index contributed by atoms with van der Waals surface area (Å²) in [5.74, 6) is -0.256. The number of hydrogen-bond acceptors (Lipinski definition) is 3. The van der Waals surface area contributed by atoms with E-state index in [2.05, 4.69) is 5.32 Å². The van der Waals surface area contributed by atoms with Crippen LogP contribution in [-0.2, 0) is 4.79 Å². The van der Waals surface area contributed by atoms with Gasteiger partial charge < -0.3 is 15.2 Å². The highest BCUT2D eigenvalue weighted by atomic mass is 19.1. The van der Waals surface area contributed by atoms with Crippen LogP contribution in [0.2, 0.25) is 0 Å². The molecule has 5 heteroatoms. The molecule has 0 spiro atoms. The second-order valence-corrected chi connectivity index (χ2v) is 4.84. The summed E-state index contributed by atoms with van der Waals surface area (Å²) in [6, 6.07) is 12.6. The first-order valence-corrected chi connectivity index (χ1v) is 7.04. The number of rotatable bonds is 6. The van der Waals surface area contributed by atoms with Crippen LogP contribution < -0.4 is 10.1 Å². The van der Waals surface area contributed by atoms with E-state index < -0.39 is 11.9 Å². The quantitative estimate of drug-likeness (QED) is 0.861. The summed E-state index contributed by atoms with van der Waals surface area (Å²) in [7, 11) is 0. The van der Waals surface area contributed by atoms with Crippen LogP contribution >= 0.6 is 0 Å². The minimum absolute atomic E-state index is 0.174. The number of aliphatic hydroxyl groups is 1. The molecule has 0 aliphatic carbocycles. The van der Waals surface area contributed by atoms with Crippen molar-refractivity contribution in [3.05, 3.63) is 59.9 Å². The van der Waals surface area contributed by atoms with Gasteiger partial charge >= 0.3 is 0 Å². The highest BCUT2D eigenvalue weighted by Gasteiger charge is 2.07. The molecule has 0 aromatic heterocycles. The summed E-state index contributed by atoms with van der Waals surface area (Å²) in [6.45, 7) is 1.72. The molecular weight excluding hydrogens is 285 g/mol. The number of hydrogen-bond donors (Lipinski definition) is 2. The molecule has 2 N–H and O–H groups in total. The summed E-state index contributed by atoms with van der Waals surface area (Å²) in [5, 5.41) is 12.2. The van der Waals surface area contributed by atoms with Crippen LogP contribution in [0.1, 0.15) is 25.0 Å². The van der Waals surface area contributed by atoms with E-state index in [1.807, 2.05) is 6.92 Å². The Morgan fingerprint density at radius 1 is 1.27 bits per heavy atom. The largest absolute Gasteiger partial charge is 0.484 e. The second kappa shape index (κ2) is 7.56. The summed E-state index contributed by atoms with van der Waals surface area (Å²) < 4.78 is 18.3. The summed E-state index contributed by atoms with van der Waals surface area (Å²) >= 11 is 0. The number of carbonyl (C=O) groups excluding carboxylic acids is 1. The summed E-state index contributed by atoms with van der Waals surface area (Å²) in [6.07, 6.45) is 0.140. The Morgan fingerprint density at radius 3 is 2.64 bits per heavy atom. The molecule has 1 amide bonds. The van der Waals surface area contributed by atoms with Crippen LogP contribution in [0.15, 0.2) is 48.5 Å². The first-order chi connectivity index (χ1) is 10.6. The predicted octanol–water partition coefficient (Wildman–Crippen LogP) is 3.29. The van der Waals surface area contributed by atoms with Crippen molar-refractivity contribution in [2.75, 3.05) is 11.9 Å². The lowest BCUT2D eigenvalue weighted by Gasteiger charge is -2.10. The second-order valence-electron chi connectivity index (χ2n) is 4.84. The van der Waals surface area contributed by atoms with Gasteiger partial charge in [-0.3, -0.25) is 4.79 Å². The van der Waals surface area contributed by atoms with Gasteiger partial charge in [0.2, 0.25) is 0 Å². The van der Waals surface area contributed by atoms with Gasteiger partial charge in [-0.15, -0.1) is 0 Å². The fourth-order valence-electron chi connectivity index (χ4n) is 1.93. The average Bonchev–Trinajstić information content (AvgIpc) is 2.52. The molecular formula is C17H18FNO3. The van der Waals surface area contributed by atoms with Gasteiger partial charge in [-0.25, -0.2) is 4.39 Å². The molecule has 2 aromatic rings. The van der Waals surface area contributed by atoms with Crippen molar-refractivity contribution in [1.82, 2.24) is 0 Å². The smallest absolute Gasteiger partial charge is 0.262 e. The standard InChI is InChI=1S/C17H18FNO3/c1-2-16(20)12-6-8-15(9-7-12)22-11-17(21)19-14-5-3-4-13(18)10-14/h3-10,16,20H,2,11H2,1H3,(H,19,21). The van der Waals surface area contributed by atoms with Gasteiger partial charge in [0.15, 0.2) is 6.61 Å². The predicted molar refractivity (Wildman–Crippen MR) is 82.2 cm³/mol. The van der Waals surface area contributed by atoms with E-state index in [4.69, 9.17) is 4.74 Å². The van der Waals surface area contributed by atoms with Crippen molar-refractivity contribution in [2.45, 2.75) is 19.4 Å². The molecule has 2 rings (SSSR count). The van der Waals surface area contributed by atoms with Crippen molar-refractivity contribution in [3.8, 4) is 5.75 Å². The van der Waals surface area contributed by atoms with Gasteiger partial charge in [0.25, 0.3) is 5.91 Å². The Morgan fingerprint density at radius 2 is 2.00 bits per heavy atom. The molecule has 0 radical (unpaired) electrons. The molecule has 2 aromatic carbocycles. The van der Waals surface area contributed by atoms with Crippen LogP contribution in [-0.4, -0.2) is 17.6 Å². The molecule has 1 unspecified atom stereocenters. The van der Waals surface area contributed by atoms with Crippen LogP contribution in [0.5, 0.6) is 5.75 Å². The number of carbonyl (C=O) groups is 1. The van der Waals surface area contributed by atoms with E-state index in [1.165, 1.54) is 18.2 Å². The van der Waals surface area contributed by atoms with Gasteiger partial charge in [0.05, 0.1) is 6.10 Å². The Labute approximate surface area is 128 Å². The van der Waals surface area contributed by atoms with Gasteiger partial charge in [-0.2, -0.15) is 0 Å². The molecule has 22 heavy (non-hydrogen) atoms. The molecule has 0 saturated carbocycles. The van der Waals surface area contributed by atoms with Crippen LogP contribution in [0.25, 0.3) is 0 Å². The molecule has 0 aliphatic heterocycles. The van der Waals surface area contributed by atoms with Gasteiger partial charge in [-0.1, -0.05) is 25.1 Å². The highest BCUT2D eigenvalue weighted by Crippen LogP contribution is 2.19. The number of nitrogens with one attached hydrogen (secondary N) is 1. The molecule has 0 aliphatic rings. The van der Waals surface area contributed by atoms with E-state index >= 15 is 0 Å². The Hall–Kier alpha value is -2.40. The van der Waals surface area contributed by atoms with E-state index in [9.17, 15) is 14.3 Å². The van der Waals surface area contributed by atoms with Crippen LogP contribution in [0, 0.1) is 5.82 Å². The van der Waals surface area contributed by atoms with Gasteiger partial charge in [0.1, 0.15) is 11.6 Å². The van der Waals surface area contributed by atoms with Crippen molar-refractivity contribution in [1.29, 1.82) is 0 Å². The van der Waals surface area contributed by atoms with E-state index in [1.54, 1.807) is 30.3 Å². The number of aliphatic hydroxyl groups excluding tert-OH is 1. The monoisotopic (exact) mass is 303 g/mol. The molecule has 0 saturated heterocycles. The van der Waals surface area contributed by atoms with Crippen LogP contribution in [0.3, 0.4) is 0 Å². The fourth-order valence-corrected chi connectivity index (χ4v) is 1.93.